The van der Waals surface area contributed by atoms with Crippen molar-refractivity contribution in [2.24, 2.45) is 0 Å². The van der Waals surface area contributed by atoms with Crippen molar-refractivity contribution in [3.05, 3.63) is 64.2 Å². The molecule has 0 aliphatic rings. The number of hydrogen-bond acceptors (Lipinski definition) is 6. The van der Waals surface area contributed by atoms with Gasteiger partial charge >= 0.3 is 5.97 Å². The Labute approximate surface area is 188 Å². The maximum Gasteiger partial charge on any atom is 0.337 e. The molecule has 0 amide bonds. The standard InChI is InChI=1S/C18H15Cl4NO5S/c1-27-16(24)12-6-11(8-14(9-12)29(2,25)26)15(28-17(23)18(20,21)22)10-4-3-5-13(19)7-10/h3-9,15,23H,1-2H3. The van der Waals surface area contributed by atoms with Gasteiger partial charge in [-0.05, 0) is 41.5 Å². The Kier molecular flexibility index (Phi) is 7.46. The lowest BCUT2D eigenvalue weighted by molar-refractivity contribution is 0.0600. The number of nitrogens with one attached hydrogen (secondary N) is 1. The van der Waals surface area contributed by atoms with E-state index in [-0.39, 0.29) is 16.0 Å². The number of ether oxygens (including phenoxy) is 2. The predicted molar refractivity (Wildman–Crippen MR) is 113 cm³/mol. The first-order valence-electron chi connectivity index (χ1n) is 7.84. The van der Waals surface area contributed by atoms with Gasteiger partial charge in [-0.3, -0.25) is 5.41 Å². The molecule has 0 saturated heterocycles. The van der Waals surface area contributed by atoms with E-state index < -0.39 is 31.6 Å². The molecule has 0 saturated carbocycles. The lowest BCUT2D eigenvalue weighted by Crippen LogP contribution is -2.24. The summed E-state index contributed by atoms with van der Waals surface area (Å²) in [5.41, 5.74) is 0.633. The van der Waals surface area contributed by atoms with Crippen molar-refractivity contribution in [1.82, 2.24) is 0 Å². The average Bonchev–Trinajstić information content (AvgIpc) is 2.63. The summed E-state index contributed by atoms with van der Waals surface area (Å²) in [4.78, 5) is 11.9. The Morgan fingerprint density at radius 1 is 1.10 bits per heavy atom. The molecule has 1 unspecified atom stereocenters. The lowest BCUT2D eigenvalue weighted by Gasteiger charge is -2.24. The maximum atomic E-state index is 12.1. The van der Waals surface area contributed by atoms with Crippen LogP contribution in [0.1, 0.15) is 27.6 Å². The van der Waals surface area contributed by atoms with Gasteiger partial charge < -0.3 is 9.47 Å². The molecule has 1 atom stereocenters. The van der Waals surface area contributed by atoms with Gasteiger partial charge in [0.15, 0.2) is 15.9 Å². The van der Waals surface area contributed by atoms with Gasteiger partial charge in [-0.15, -0.1) is 0 Å². The number of carbonyl (C=O) groups excluding carboxylic acids is 1. The highest BCUT2D eigenvalue weighted by molar-refractivity contribution is 7.90. The monoisotopic (exact) mass is 497 g/mol. The first-order valence-corrected chi connectivity index (χ1v) is 11.2. The van der Waals surface area contributed by atoms with Crippen LogP contribution in [-0.4, -0.2) is 37.4 Å². The second-order valence-corrected chi connectivity index (χ2v) is 10.7. The maximum absolute atomic E-state index is 12.1. The zero-order chi connectivity index (χ0) is 22.0. The third kappa shape index (κ3) is 6.23. The average molecular weight is 499 g/mol. The van der Waals surface area contributed by atoms with Crippen LogP contribution in [0.25, 0.3) is 0 Å². The molecule has 6 nitrogen and oxygen atoms in total. The number of halogens is 4. The number of alkyl halides is 3. The molecule has 0 aliphatic carbocycles. The molecule has 2 rings (SSSR count). The van der Waals surface area contributed by atoms with E-state index >= 15 is 0 Å². The molecule has 0 fully saturated rings. The van der Waals surface area contributed by atoms with Crippen molar-refractivity contribution in [3.63, 3.8) is 0 Å². The molecule has 156 valence electrons. The molecule has 1 N–H and O–H groups in total. The highest BCUT2D eigenvalue weighted by Crippen LogP contribution is 2.35. The van der Waals surface area contributed by atoms with Crippen LogP contribution in [0.5, 0.6) is 0 Å². The first-order chi connectivity index (χ1) is 13.3. The Balaban J connectivity index is 2.72. The van der Waals surface area contributed by atoms with Crippen molar-refractivity contribution in [2.75, 3.05) is 13.4 Å². The quantitative estimate of drug-likeness (QED) is 0.271. The second kappa shape index (κ2) is 9.10. The predicted octanol–water partition coefficient (Wildman–Crippen LogP) is 4.98. The molecule has 0 aromatic heterocycles. The molecule has 2 aromatic rings. The van der Waals surface area contributed by atoms with E-state index in [2.05, 4.69) is 0 Å². The van der Waals surface area contributed by atoms with Crippen molar-refractivity contribution in [1.29, 1.82) is 5.41 Å². The molecular formula is C18H15Cl4NO5S. The topological polar surface area (TPSA) is 93.5 Å². The lowest BCUT2D eigenvalue weighted by atomic mass is 9.99. The number of benzene rings is 2. The van der Waals surface area contributed by atoms with E-state index in [9.17, 15) is 13.2 Å². The number of sulfone groups is 1. The summed E-state index contributed by atoms with van der Waals surface area (Å²) in [6, 6.07) is 10.3. The molecule has 2 aromatic carbocycles. The summed E-state index contributed by atoms with van der Waals surface area (Å²) in [6.45, 7) is 0. The van der Waals surface area contributed by atoms with Crippen LogP contribution in [-0.2, 0) is 19.3 Å². The summed E-state index contributed by atoms with van der Waals surface area (Å²) >= 11 is 23.2. The fourth-order valence-electron chi connectivity index (χ4n) is 2.41. The first kappa shape index (κ1) is 23.8. The van der Waals surface area contributed by atoms with Crippen LogP contribution < -0.4 is 0 Å². The van der Waals surface area contributed by atoms with Crippen LogP contribution in [0.2, 0.25) is 5.02 Å². The summed E-state index contributed by atoms with van der Waals surface area (Å²) in [5, 5.41) is 8.28. The van der Waals surface area contributed by atoms with Gasteiger partial charge in [0, 0.05) is 11.3 Å². The van der Waals surface area contributed by atoms with Gasteiger partial charge in [0.2, 0.25) is 5.90 Å². The number of hydrogen-bond donors (Lipinski definition) is 1. The van der Waals surface area contributed by atoms with Crippen LogP contribution in [0.15, 0.2) is 47.4 Å². The summed E-state index contributed by atoms with van der Waals surface area (Å²) in [6.07, 6.45) is -0.104. The van der Waals surface area contributed by atoms with E-state index in [1.165, 1.54) is 25.3 Å². The van der Waals surface area contributed by atoms with Gasteiger partial charge in [0.1, 0.15) is 0 Å². The summed E-state index contributed by atoms with van der Waals surface area (Å²) < 4.78 is 32.3. The molecule has 29 heavy (non-hydrogen) atoms. The van der Waals surface area contributed by atoms with E-state index in [0.717, 1.165) is 6.26 Å². The molecule has 0 heterocycles. The largest absolute Gasteiger partial charge is 0.465 e. The Hall–Kier alpha value is -1.51. The Bertz CT molecular complexity index is 1050. The second-order valence-electron chi connectivity index (χ2n) is 5.93. The third-order valence-electron chi connectivity index (χ3n) is 3.73. The molecule has 0 bridgehead atoms. The van der Waals surface area contributed by atoms with Crippen molar-refractivity contribution in [2.45, 2.75) is 14.8 Å². The molecule has 0 spiro atoms. The minimum atomic E-state index is -3.69. The van der Waals surface area contributed by atoms with Crippen LogP contribution in [0.3, 0.4) is 0 Å². The molecule has 0 radical (unpaired) electrons. The zero-order valence-electron chi connectivity index (χ0n) is 15.1. The molecular weight excluding hydrogens is 484 g/mol. The Morgan fingerprint density at radius 3 is 2.28 bits per heavy atom. The SMILES string of the molecule is COC(=O)c1cc(C(OC(=N)C(Cl)(Cl)Cl)c2cccc(Cl)c2)cc(S(C)(=O)=O)c1. The summed E-state index contributed by atoms with van der Waals surface area (Å²) in [5.74, 6) is -1.45. The number of esters is 1. The van der Waals surface area contributed by atoms with Gasteiger partial charge in [-0.2, -0.15) is 0 Å². The van der Waals surface area contributed by atoms with Gasteiger partial charge in [-0.1, -0.05) is 58.5 Å². The Morgan fingerprint density at radius 2 is 1.76 bits per heavy atom. The van der Waals surface area contributed by atoms with E-state index in [1.54, 1.807) is 24.3 Å². The fraction of sp³-hybridized carbons (Fsp3) is 0.222. The molecule has 0 aliphatic heterocycles. The fourth-order valence-corrected chi connectivity index (χ4v) is 3.43. The van der Waals surface area contributed by atoms with Crippen molar-refractivity contribution >= 4 is 68.1 Å². The number of rotatable bonds is 5. The minimum Gasteiger partial charge on any atom is -0.465 e. The van der Waals surface area contributed by atoms with E-state index in [4.69, 9.17) is 61.3 Å². The smallest absolute Gasteiger partial charge is 0.337 e. The van der Waals surface area contributed by atoms with Crippen LogP contribution in [0.4, 0.5) is 0 Å². The zero-order valence-corrected chi connectivity index (χ0v) is 18.9. The highest BCUT2D eigenvalue weighted by atomic mass is 35.6. The summed E-state index contributed by atoms with van der Waals surface area (Å²) in [7, 11) is -2.53. The van der Waals surface area contributed by atoms with Gasteiger partial charge in [0.05, 0.1) is 17.6 Å². The van der Waals surface area contributed by atoms with E-state index in [1.807, 2.05) is 0 Å². The van der Waals surface area contributed by atoms with Crippen molar-refractivity contribution < 1.29 is 22.7 Å². The normalized spacial score (nSPS) is 12.9. The highest BCUT2D eigenvalue weighted by Gasteiger charge is 2.32. The minimum absolute atomic E-state index is 0.0264. The number of methoxy groups -OCH3 is 1. The van der Waals surface area contributed by atoms with E-state index in [0.29, 0.717) is 10.6 Å². The van der Waals surface area contributed by atoms with Crippen LogP contribution >= 0.6 is 46.4 Å². The third-order valence-corrected chi connectivity index (χ3v) is 5.57. The molecule has 11 heteroatoms. The van der Waals surface area contributed by atoms with Gasteiger partial charge in [0.25, 0.3) is 3.79 Å². The number of carbonyl (C=O) groups is 1. The van der Waals surface area contributed by atoms with Crippen LogP contribution in [0, 0.1) is 5.41 Å². The van der Waals surface area contributed by atoms with Gasteiger partial charge in [-0.25, -0.2) is 13.2 Å². The van der Waals surface area contributed by atoms with Crippen molar-refractivity contribution in [3.8, 4) is 0 Å².